The lowest BCUT2D eigenvalue weighted by Gasteiger charge is -2.25. The van der Waals surface area contributed by atoms with Crippen molar-refractivity contribution in [3.05, 3.63) is 29.8 Å². The maximum atomic E-state index is 11.6. The van der Waals surface area contributed by atoms with Gasteiger partial charge in [0.1, 0.15) is 0 Å². The van der Waals surface area contributed by atoms with Gasteiger partial charge in [-0.15, -0.1) is 0 Å². The number of thioether (sulfide) groups is 1. The van der Waals surface area contributed by atoms with E-state index >= 15 is 0 Å². The number of anilines is 1. The molecule has 0 unspecified atom stereocenters. The summed E-state index contributed by atoms with van der Waals surface area (Å²) >= 11 is 1.05. The van der Waals surface area contributed by atoms with Crippen molar-refractivity contribution in [2.45, 2.75) is 0 Å². The molecule has 1 aromatic rings. The first-order chi connectivity index (χ1) is 7.72. The summed E-state index contributed by atoms with van der Waals surface area (Å²) in [6, 6.07) is 8.63. The van der Waals surface area contributed by atoms with Crippen LogP contribution >= 0.6 is 11.8 Å². The van der Waals surface area contributed by atoms with Gasteiger partial charge in [0.15, 0.2) is 0 Å². The summed E-state index contributed by atoms with van der Waals surface area (Å²) in [5, 5.41) is 8.22. The van der Waals surface area contributed by atoms with Gasteiger partial charge in [0.2, 0.25) is 0 Å². The summed E-state index contributed by atoms with van der Waals surface area (Å²) < 4.78 is 0. The molecule has 1 saturated heterocycles. The Labute approximate surface area is 96.8 Å². The van der Waals surface area contributed by atoms with E-state index in [-0.39, 0.29) is 0 Å². The number of carbonyl (C=O) groups is 2. The Balaban J connectivity index is 2.26. The second-order valence-corrected chi connectivity index (χ2v) is 4.32. The zero-order chi connectivity index (χ0) is 11.5. The van der Waals surface area contributed by atoms with Gasteiger partial charge in [0, 0.05) is 18.0 Å². The van der Waals surface area contributed by atoms with Gasteiger partial charge in [-0.25, -0.2) is 0 Å². The number of carbonyl (C=O) groups excluding carboxylic acids is 2. The summed E-state index contributed by atoms with van der Waals surface area (Å²) in [5.74, 6) is 0.130. The lowest BCUT2D eigenvalue weighted by Crippen LogP contribution is -2.41. The minimum atomic E-state index is -0.485. The van der Waals surface area contributed by atoms with Crippen LogP contribution in [0.1, 0.15) is 5.56 Å². The molecule has 0 spiro atoms. The Morgan fingerprint density at radius 1 is 1.25 bits per heavy atom. The molecule has 0 atom stereocenters. The second-order valence-electron chi connectivity index (χ2n) is 3.25. The van der Waals surface area contributed by atoms with Crippen molar-refractivity contribution in [2.75, 3.05) is 17.2 Å². The van der Waals surface area contributed by atoms with Crippen LogP contribution in [-0.4, -0.2) is 23.3 Å². The zero-order valence-corrected chi connectivity index (χ0v) is 9.16. The van der Waals surface area contributed by atoms with E-state index < -0.39 is 11.0 Å². The van der Waals surface area contributed by atoms with E-state index in [2.05, 4.69) is 0 Å². The number of nitriles is 1. The summed E-state index contributed by atoms with van der Waals surface area (Å²) in [6.07, 6.45) is 0. The maximum absolute atomic E-state index is 11.6. The SMILES string of the molecule is N#Cc1ccc(N2CCSC(=O)C2=O)cc1. The van der Waals surface area contributed by atoms with Crippen molar-refractivity contribution in [3.8, 4) is 6.07 Å². The van der Waals surface area contributed by atoms with E-state index in [0.717, 1.165) is 11.8 Å². The molecule has 1 aromatic carbocycles. The van der Waals surface area contributed by atoms with Crippen LogP contribution in [0.5, 0.6) is 0 Å². The normalized spacial score (nSPS) is 16.1. The molecular formula is C11H8N2O2S. The molecule has 1 aliphatic heterocycles. The molecule has 4 nitrogen and oxygen atoms in total. The van der Waals surface area contributed by atoms with Crippen molar-refractivity contribution in [2.24, 2.45) is 0 Å². The quantitative estimate of drug-likeness (QED) is 0.682. The van der Waals surface area contributed by atoms with Gasteiger partial charge < -0.3 is 4.90 Å². The molecule has 16 heavy (non-hydrogen) atoms. The monoisotopic (exact) mass is 232 g/mol. The topological polar surface area (TPSA) is 61.2 Å². The third kappa shape index (κ3) is 1.92. The minimum absolute atomic E-state index is 0.421. The standard InChI is InChI=1S/C11H8N2O2S/c12-7-8-1-3-9(4-2-8)13-5-6-16-11(15)10(13)14/h1-4H,5-6H2. The molecule has 2 rings (SSSR count). The average molecular weight is 232 g/mol. The van der Waals surface area contributed by atoms with Gasteiger partial charge in [-0.1, -0.05) is 11.8 Å². The highest BCUT2D eigenvalue weighted by molar-refractivity contribution is 8.15. The van der Waals surface area contributed by atoms with Crippen LogP contribution in [0.2, 0.25) is 0 Å². The van der Waals surface area contributed by atoms with E-state index in [1.54, 1.807) is 24.3 Å². The fraction of sp³-hybridized carbons (Fsp3) is 0.182. The molecule has 0 aromatic heterocycles. The molecule has 0 aliphatic carbocycles. The van der Waals surface area contributed by atoms with E-state index in [9.17, 15) is 9.59 Å². The van der Waals surface area contributed by atoms with Gasteiger partial charge >= 0.3 is 5.91 Å². The predicted molar refractivity (Wildman–Crippen MR) is 61.0 cm³/mol. The Morgan fingerprint density at radius 3 is 2.56 bits per heavy atom. The molecule has 80 valence electrons. The van der Waals surface area contributed by atoms with Crippen molar-refractivity contribution >= 4 is 28.5 Å². The van der Waals surface area contributed by atoms with Crippen molar-refractivity contribution < 1.29 is 9.59 Å². The van der Waals surface area contributed by atoms with Crippen molar-refractivity contribution in [1.29, 1.82) is 5.26 Å². The second kappa shape index (κ2) is 4.37. The van der Waals surface area contributed by atoms with Crippen LogP contribution in [0.3, 0.4) is 0 Å². The molecule has 0 bridgehead atoms. The van der Waals surface area contributed by atoms with E-state index in [1.807, 2.05) is 6.07 Å². The van der Waals surface area contributed by atoms with Gasteiger partial charge in [0.05, 0.1) is 11.6 Å². The Kier molecular flexibility index (Phi) is 2.93. The lowest BCUT2D eigenvalue weighted by atomic mass is 10.2. The largest absolute Gasteiger partial charge is 0.305 e. The highest BCUT2D eigenvalue weighted by Crippen LogP contribution is 2.21. The van der Waals surface area contributed by atoms with E-state index in [0.29, 0.717) is 23.5 Å². The average Bonchev–Trinajstić information content (AvgIpc) is 2.33. The van der Waals surface area contributed by atoms with Gasteiger partial charge in [0.25, 0.3) is 5.12 Å². The number of nitrogens with zero attached hydrogens (tertiary/aromatic N) is 2. The molecule has 0 radical (unpaired) electrons. The molecule has 1 amide bonds. The number of benzene rings is 1. The van der Waals surface area contributed by atoms with Gasteiger partial charge in [-0.2, -0.15) is 5.26 Å². The maximum Gasteiger partial charge on any atom is 0.305 e. The number of hydrogen-bond donors (Lipinski definition) is 0. The van der Waals surface area contributed by atoms with Crippen LogP contribution in [0.4, 0.5) is 5.69 Å². The van der Waals surface area contributed by atoms with Crippen LogP contribution < -0.4 is 4.90 Å². The summed E-state index contributed by atoms with van der Waals surface area (Å²) in [7, 11) is 0. The van der Waals surface area contributed by atoms with Gasteiger partial charge in [-0.3, -0.25) is 9.59 Å². The highest BCUT2D eigenvalue weighted by Gasteiger charge is 2.27. The summed E-state index contributed by atoms with van der Waals surface area (Å²) in [4.78, 5) is 24.2. The van der Waals surface area contributed by atoms with E-state index in [1.165, 1.54) is 4.90 Å². The van der Waals surface area contributed by atoms with Crippen LogP contribution in [-0.2, 0) is 9.59 Å². The third-order valence-electron chi connectivity index (χ3n) is 2.28. The first-order valence-corrected chi connectivity index (χ1v) is 5.70. The fourth-order valence-electron chi connectivity index (χ4n) is 1.47. The molecular weight excluding hydrogens is 224 g/mol. The van der Waals surface area contributed by atoms with E-state index in [4.69, 9.17) is 5.26 Å². The first-order valence-electron chi connectivity index (χ1n) is 4.71. The lowest BCUT2D eigenvalue weighted by molar-refractivity contribution is -0.131. The third-order valence-corrected chi connectivity index (χ3v) is 3.10. The summed E-state index contributed by atoms with van der Waals surface area (Å²) in [5.41, 5.74) is 1.20. The Hall–Kier alpha value is -1.80. The number of hydrogen-bond acceptors (Lipinski definition) is 4. The molecule has 0 saturated carbocycles. The van der Waals surface area contributed by atoms with Gasteiger partial charge in [-0.05, 0) is 24.3 Å². The zero-order valence-electron chi connectivity index (χ0n) is 8.34. The number of rotatable bonds is 1. The first kappa shape index (κ1) is 10.7. The molecule has 0 N–H and O–H groups in total. The summed E-state index contributed by atoms with van der Waals surface area (Å²) in [6.45, 7) is 0.529. The van der Waals surface area contributed by atoms with Crippen LogP contribution in [0.25, 0.3) is 0 Å². The molecule has 5 heteroatoms. The van der Waals surface area contributed by atoms with Crippen LogP contribution in [0.15, 0.2) is 24.3 Å². The van der Waals surface area contributed by atoms with Crippen molar-refractivity contribution in [1.82, 2.24) is 0 Å². The number of amides is 1. The Bertz CT molecular complexity index is 476. The predicted octanol–water partition coefficient (Wildman–Crippen LogP) is 1.16. The minimum Gasteiger partial charge on any atom is -0.304 e. The molecule has 1 aliphatic rings. The van der Waals surface area contributed by atoms with Crippen molar-refractivity contribution in [3.63, 3.8) is 0 Å². The Morgan fingerprint density at radius 2 is 1.94 bits per heavy atom. The van der Waals surface area contributed by atoms with Crippen LogP contribution in [0, 0.1) is 11.3 Å². The molecule has 1 heterocycles. The molecule has 1 fully saturated rings. The highest BCUT2D eigenvalue weighted by atomic mass is 32.2. The fourth-order valence-corrected chi connectivity index (χ4v) is 2.16. The smallest absolute Gasteiger partial charge is 0.304 e.